The van der Waals surface area contributed by atoms with Crippen LogP contribution in [0, 0.1) is 0 Å². The summed E-state index contributed by atoms with van der Waals surface area (Å²) in [4.78, 5) is 14.1. The number of sulfonamides is 1. The molecule has 7 heteroatoms. The van der Waals surface area contributed by atoms with E-state index in [0.717, 1.165) is 0 Å². The van der Waals surface area contributed by atoms with Crippen LogP contribution >= 0.6 is 0 Å². The van der Waals surface area contributed by atoms with E-state index in [0.29, 0.717) is 28.9 Å². The van der Waals surface area contributed by atoms with E-state index in [4.69, 9.17) is 4.74 Å². The molecule has 6 nitrogen and oxygen atoms in total. The Bertz CT molecular complexity index is 1020. The molecule has 0 atom stereocenters. The minimum Gasteiger partial charge on any atom is -0.494 e. The zero-order chi connectivity index (χ0) is 17.2. The standard InChI is InChI=1S/C17H16N2O4S/c1-2-23-14-6-4-13(5-7-14)19-24(21,22)15-8-9-16-12(11-15)3-10-17(20)18-16/h3-11,19H,2H2,1H3,(H,18,20). The van der Waals surface area contributed by atoms with Crippen molar-refractivity contribution in [3.8, 4) is 5.75 Å². The van der Waals surface area contributed by atoms with E-state index in [1.54, 1.807) is 36.4 Å². The molecule has 2 N–H and O–H groups in total. The van der Waals surface area contributed by atoms with Crippen molar-refractivity contribution in [1.29, 1.82) is 0 Å². The number of ether oxygens (including phenoxy) is 1. The van der Waals surface area contributed by atoms with Crippen molar-refractivity contribution in [2.24, 2.45) is 0 Å². The van der Waals surface area contributed by atoms with E-state index in [1.807, 2.05) is 6.92 Å². The Morgan fingerprint density at radius 1 is 1.04 bits per heavy atom. The van der Waals surface area contributed by atoms with Crippen LogP contribution in [-0.2, 0) is 10.0 Å². The van der Waals surface area contributed by atoms with Gasteiger partial charge in [0.05, 0.1) is 11.5 Å². The van der Waals surface area contributed by atoms with Crippen molar-refractivity contribution in [2.45, 2.75) is 11.8 Å². The van der Waals surface area contributed by atoms with Crippen molar-refractivity contribution in [3.05, 3.63) is 65.0 Å². The molecule has 3 aromatic rings. The summed E-state index contributed by atoms with van der Waals surface area (Å²) in [5.74, 6) is 0.676. The van der Waals surface area contributed by atoms with Gasteiger partial charge in [0.2, 0.25) is 5.56 Å². The second-order valence-corrected chi connectivity index (χ2v) is 6.82. The number of hydrogen-bond donors (Lipinski definition) is 2. The van der Waals surface area contributed by atoms with Gasteiger partial charge in [-0.15, -0.1) is 0 Å². The number of rotatable bonds is 5. The Morgan fingerprint density at radius 3 is 2.50 bits per heavy atom. The van der Waals surface area contributed by atoms with Gasteiger partial charge in [0.15, 0.2) is 0 Å². The van der Waals surface area contributed by atoms with Gasteiger partial charge in [-0.3, -0.25) is 9.52 Å². The van der Waals surface area contributed by atoms with Gasteiger partial charge in [0.1, 0.15) is 5.75 Å². The lowest BCUT2D eigenvalue weighted by molar-refractivity contribution is 0.340. The van der Waals surface area contributed by atoms with Gasteiger partial charge in [-0.25, -0.2) is 8.42 Å². The largest absolute Gasteiger partial charge is 0.494 e. The second kappa shape index (κ2) is 6.37. The smallest absolute Gasteiger partial charge is 0.261 e. The SMILES string of the molecule is CCOc1ccc(NS(=O)(=O)c2ccc3[nH]c(=O)ccc3c2)cc1. The summed E-state index contributed by atoms with van der Waals surface area (Å²) in [5, 5.41) is 0.643. The van der Waals surface area contributed by atoms with E-state index in [1.165, 1.54) is 18.2 Å². The number of H-pyrrole nitrogens is 1. The summed E-state index contributed by atoms with van der Waals surface area (Å²) < 4.78 is 32.9. The highest BCUT2D eigenvalue weighted by molar-refractivity contribution is 7.92. The molecule has 3 rings (SSSR count). The summed E-state index contributed by atoms with van der Waals surface area (Å²) in [5.41, 5.74) is 0.799. The number of benzene rings is 2. The molecule has 0 aliphatic heterocycles. The molecule has 124 valence electrons. The van der Waals surface area contributed by atoms with Gasteiger partial charge in [0.25, 0.3) is 10.0 Å². The number of aromatic nitrogens is 1. The predicted molar refractivity (Wildman–Crippen MR) is 93.0 cm³/mol. The average molecular weight is 344 g/mol. The molecule has 0 amide bonds. The summed E-state index contributed by atoms with van der Waals surface area (Å²) in [6.07, 6.45) is 0. The predicted octanol–water partition coefficient (Wildman–Crippen LogP) is 2.73. The van der Waals surface area contributed by atoms with Gasteiger partial charge >= 0.3 is 0 Å². The molecule has 0 aliphatic carbocycles. The Morgan fingerprint density at radius 2 is 1.79 bits per heavy atom. The summed E-state index contributed by atoms with van der Waals surface area (Å²) in [6, 6.07) is 14.2. The quantitative estimate of drug-likeness (QED) is 0.745. The minimum absolute atomic E-state index is 0.121. The number of anilines is 1. The fourth-order valence-corrected chi connectivity index (χ4v) is 3.39. The van der Waals surface area contributed by atoms with E-state index in [9.17, 15) is 13.2 Å². The molecule has 0 saturated heterocycles. The summed E-state index contributed by atoms with van der Waals surface area (Å²) in [6.45, 7) is 2.42. The van der Waals surface area contributed by atoms with E-state index in [-0.39, 0.29) is 10.5 Å². The van der Waals surface area contributed by atoms with Crippen molar-refractivity contribution in [1.82, 2.24) is 4.98 Å². The summed E-state index contributed by atoms with van der Waals surface area (Å²) in [7, 11) is -3.72. The minimum atomic E-state index is -3.72. The van der Waals surface area contributed by atoms with Crippen LogP contribution in [0.5, 0.6) is 5.75 Å². The molecule has 0 radical (unpaired) electrons. The Hall–Kier alpha value is -2.80. The lowest BCUT2D eigenvalue weighted by Gasteiger charge is -2.10. The third kappa shape index (κ3) is 3.41. The normalized spacial score (nSPS) is 11.4. The Kier molecular flexibility index (Phi) is 4.26. The van der Waals surface area contributed by atoms with Gasteiger partial charge < -0.3 is 9.72 Å². The molecule has 0 saturated carbocycles. The maximum atomic E-state index is 12.5. The Balaban J connectivity index is 1.89. The third-order valence-corrected chi connectivity index (χ3v) is 4.80. The third-order valence-electron chi connectivity index (χ3n) is 3.42. The van der Waals surface area contributed by atoms with Crippen LogP contribution in [0.1, 0.15) is 6.92 Å². The first-order valence-electron chi connectivity index (χ1n) is 7.37. The van der Waals surface area contributed by atoms with Gasteiger partial charge in [-0.2, -0.15) is 0 Å². The topological polar surface area (TPSA) is 88.3 Å². The molecular formula is C17H16N2O4S. The van der Waals surface area contributed by atoms with Crippen LogP contribution in [0.4, 0.5) is 5.69 Å². The van der Waals surface area contributed by atoms with Crippen LogP contribution in [0.25, 0.3) is 10.9 Å². The van der Waals surface area contributed by atoms with Crippen molar-refractivity contribution < 1.29 is 13.2 Å². The fourth-order valence-electron chi connectivity index (χ4n) is 2.30. The molecule has 24 heavy (non-hydrogen) atoms. The molecule has 2 aromatic carbocycles. The lowest BCUT2D eigenvalue weighted by Crippen LogP contribution is -2.13. The number of pyridine rings is 1. The first-order valence-corrected chi connectivity index (χ1v) is 8.85. The molecular weight excluding hydrogens is 328 g/mol. The molecule has 0 spiro atoms. The van der Waals surface area contributed by atoms with Crippen molar-refractivity contribution in [2.75, 3.05) is 11.3 Å². The first kappa shape index (κ1) is 16.1. The number of aromatic amines is 1. The lowest BCUT2D eigenvalue weighted by atomic mass is 10.2. The molecule has 1 heterocycles. The van der Waals surface area contributed by atoms with Crippen LogP contribution in [0.2, 0.25) is 0 Å². The zero-order valence-electron chi connectivity index (χ0n) is 12.9. The number of nitrogens with one attached hydrogen (secondary N) is 2. The monoisotopic (exact) mass is 344 g/mol. The Labute approximate surface area is 139 Å². The van der Waals surface area contributed by atoms with Gasteiger partial charge in [-0.05, 0) is 60.8 Å². The van der Waals surface area contributed by atoms with Crippen LogP contribution < -0.4 is 15.0 Å². The average Bonchev–Trinajstić information content (AvgIpc) is 2.56. The zero-order valence-corrected chi connectivity index (χ0v) is 13.8. The summed E-state index contributed by atoms with van der Waals surface area (Å²) >= 11 is 0. The van der Waals surface area contributed by atoms with E-state index in [2.05, 4.69) is 9.71 Å². The maximum Gasteiger partial charge on any atom is 0.261 e. The molecule has 1 aromatic heterocycles. The highest BCUT2D eigenvalue weighted by Crippen LogP contribution is 2.21. The van der Waals surface area contributed by atoms with Crippen LogP contribution in [-0.4, -0.2) is 20.0 Å². The molecule has 0 fully saturated rings. The second-order valence-electron chi connectivity index (χ2n) is 5.13. The van der Waals surface area contributed by atoms with Crippen molar-refractivity contribution >= 4 is 26.6 Å². The number of hydrogen-bond acceptors (Lipinski definition) is 4. The van der Waals surface area contributed by atoms with Gasteiger partial charge in [0, 0.05) is 17.3 Å². The van der Waals surface area contributed by atoms with Crippen molar-refractivity contribution in [3.63, 3.8) is 0 Å². The molecule has 0 aliphatic rings. The molecule has 0 bridgehead atoms. The number of fused-ring (bicyclic) bond motifs is 1. The van der Waals surface area contributed by atoms with Crippen LogP contribution in [0.3, 0.4) is 0 Å². The van der Waals surface area contributed by atoms with E-state index >= 15 is 0 Å². The highest BCUT2D eigenvalue weighted by atomic mass is 32.2. The fraction of sp³-hybridized carbons (Fsp3) is 0.118. The van der Waals surface area contributed by atoms with E-state index < -0.39 is 10.0 Å². The first-order chi connectivity index (χ1) is 11.5. The maximum absolute atomic E-state index is 12.5. The van der Waals surface area contributed by atoms with Gasteiger partial charge in [-0.1, -0.05) is 0 Å². The molecule has 0 unspecified atom stereocenters. The highest BCUT2D eigenvalue weighted by Gasteiger charge is 2.15. The van der Waals surface area contributed by atoms with Crippen LogP contribution in [0.15, 0.2) is 64.3 Å².